The molecule has 0 bridgehead atoms. The molecule has 1 aliphatic carbocycles. The Labute approximate surface area is 97.0 Å². The van der Waals surface area contributed by atoms with Gasteiger partial charge in [-0.05, 0) is 37.5 Å². The van der Waals surface area contributed by atoms with E-state index in [-0.39, 0.29) is 0 Å². The highest BCUT2D eigenvalue weighted by Crippen LogP contribution is 2.38. The first-order valence-electron chi connectivity index (χ1n) is 6.12. The van der Waals surface area contributed by atoms with Crippen LogP contribution in [-0.4, -0.2) is 29.3 Å². The fourth-order valence-corrected chi connectivity index (χ4v) is 3.30. The van der Waals surface area contributed by atoms with Crippen molar-refractivity contribution in [2.24, 2.45) is 11.8 Å². The summed E-state index contributed by atoms with van der Waals surface area (Å²) < 4.78 is 0. The molecule has 2 rings (SSSR count). The smallest absolute Gasteiger partial charge is 0.222 e. The number of hydrogen-bond acceptors (Lipinski definition) is 1. The van der Waals surface area contributed by atoms with Crippen LogP contribution in [0.5, 0.6) is 0 Å². The fraction of sp³-hybridized carbons (Fsp3) is 0.917. The SMILES string of the molecule is CCCC(=O)N1CC2CCC(Cl)CC2C1. The Kier molecular flexibility index (Phi) is 3.55. The van der Waals surface area contributed by atoms with Gasteiger partial charge in [-0.15, -0.1) is 11.6 Å². The molecule has 1 aliphatic heterocycles. The number of likely N-dealkylation sites (tertiary alicyclic amines) is 1. The first kappa shape index (κ1) is 11.3. The molecule has 0 radical (unpaired) electrons. The fourth-order valence-electron chi connectivity index (χ4n) is 2.95. The minimum absolute atomic E-state index is 0.345. The van der Waals surface area contributed by atoms with E-state index in [1.54, 1.807) is 0 Å². The molecule has 3 heteroatoms. The molecule has 2 aliphatic rings. The van der Waals surface area contributed by atoms with Crippen molar-refractivity contribution >= 4 is 17.5 Å². The highest BCUT2D eigenvalue weighted by molar-refractivity contribution is 6.20. The molecule has 1 amide bonds. The molecule has 1 saturated carbocycles. The van der Waals surface area contributed by atoms with Crippen molar-refractivity contribution in [1.82, 2.24) is 4.90 Å². The maximum atomic E-state index is 11.8. The predicted octanol–water partition coefficient (Wildman–Crippen LogP) is 2.65. The van der Waals surface area contributed by atoms with Gasteiger partial charge in [-0.3, -0.25) is 4.79 Å². The number of amides is 1. The van der Waals surface area contributed by atoms with Crippen molar-refractivity contribution in [3.05, 3.63) is 0 Å². The van der Waals surface area contributed by atoms with Gasteiger partial charge in [0.1, 0.15) is 0 Å². The van der Waals surface area contributed by atoms with Gasteiger partial charge in [-0.2, -0.15) is 0 Å². The molecule has 1 saturated heterocycles. The molecule has 0 spiro atoms. The maximum Gasteiger partial charge on any atom is 0.222 e. The highest BCUT2D eigenvalue weighted by atomic mass is 35.5. The lowest BCUT2D eigenvalue weighted by Crippen LogP contribution is -2.28. The van der Waals surface area contributed by atoms with Crippen LogP contribution in [0.25, 0.3) is 0 Å². The van der Waals surface area contributed by atoms with Crippen LogP contribution in [0.2, 0.25) is 0 Å². The largest absolute Gasteiger partial charge is 0.342 e. The number of alkyl halides is 1. The van der Waals surface area contributed by atoms with Crippen LogP contribution >= 0.6 is 11.6 Å². The van der Waals surface area contributed by atoms with E-state index in [0.717, 1.165) is 38.3 Å². The van der Waals surface area contributed by atoms with E-state index in [2.05, 4.69) is 11.8 Å². The van der Waals surface area contributed by atoms with Crippen molar-refractivity contribution in [3.8, 4) is 0 Å². The summed E-state index contributed by atoms with van der Waals surface area (Å²) in [6.07, 6.45) is 5.14. The van der Waals surface area contributed by atoms with Gasteiger partial charge in [0.15, 0.2) is 0 Å². The van der Waals surface area contributed by atoms with Crippen LogP contribution in [0, 0.1) is 11.8 Å². The van der Waals surface area contributed by atoms with E-state index < -0.39 is 0 Å². The van der Waals surface area contributed by atoms with Crippen molar-refractivity contribution < 1.29 is 4.79 Å². The second kappa shape index (κ2) is 4.73. The van der Waals surface area contributed by atoms with Crippen LogP contribution in [0.4, 0.5) is 0 Å². The van der Waals surface area contributed by atoms with E-state index in [9.17, 15) is 4.79 Å². The Morgan fingerprint density at radius 1 is 1.33 bits per heavy atom. The Balaban J connectivity index is 1.90. The lowest BCUT2D eigenvalue weighted by atomic mass is 9.82. The second-order valence-corrected chi connectivity index (χ2v) is 5.60. The van der Waals surface area contributed by atoms with Gasteiger partial charge < -0.3 is 4.90 Å². The Bertz CT molecular complexity index is 244. The van der Waals surface area contributed by atoms with Crippen LogP contribution in [-0.2, 0) is 4.79 Å². The van der Waals surface area contributed by atoms with Crippen molar-refractivity contribution in [3.63, 3.8) is 0 Å². The first-order valence-corrected chi connectivity index (χ1v) is 6.56. The number of carbonyl (C=O) groups excluding carboxylic acids is 1. The van der Waals surface area contributed by atoms with Crippen molar-refractivity contribution in [1.29, 1.82) is 0 Å². The number of halogens is 1. The van der Waals surface area contributed by atoms with Crippen LogP contribution in [0.1, 0.15) is 39.0 Å². The monoisotopic (exact) mass is 229 g/mol. The van der Waals surface area contributed by atoms with Gasteiger partial charge in [0, 0.05) is 24.9 Å². The summed E-state index contributed by atoms with van der Waals surface area (Å²) in [5.41, 5.74) is 0. The summed E-state index contributed by atoms with van der Waals surface area (Å²) in [6, 6.07) is 0. The standard InChI is InChI=1S/C12H20ClNO/c1-2-3-12(15)14-7-9-4-5-11(13)6-10(9)8-14/h9-11H,2-8H2,1H3. The minimum Gasteiger partial charge on any atom is -0.342 e. The summed E-state index contributed by atoms with van der Waals surface area (Å²) in [5, 5.41) is 0.354. The zero-order valence-electron chi connectivity index (χ0n) is 9.42. The average Bonchev–Trinajstić information content (AvgIpc) is 2.60. The zero-order chi connectivity index (χ0) is 10.8. The van der Waals surface area contributed by atoms with Gasteiger partial charge >= 0.3 is 0 Å². The Hall–Kier alpha value is -0.240. The van der Waals surface area contributed by atoms with E-state index >= 15 is 0 Å². The molecule has 0 aromatic carbocycles. The highest BCUT2D eigenvalue weighted by Gasteiger charge is 2.38. The van der Waals surface area contributed by atoms with Gasteiger partial charge in [0.05, 0.1) is 0 Å². The number of rotatable bonds is 2. The molecule has 2 nitrogen and oxygen atoms in total. The maximum absolute atomic E-state index is 11.8. The third-order valence-corrected chi connectivity index (χ3v) is 4.20. The molecular weight excluding hydrogens is 210 g/mol. The second-order valence-electron chi connectivity index (χ2n) is 4.98. The zero-order valence-corrected chi connectivity index (χ0v) is 10.2. The number of hydrogen-bond donors (Lipinski definition) is 0. The molecule has 15 heavy (non-hydrogen) atoms. The minimum atomic E-state index is 0.345. The summed E-state index contributed by atoms with van der Waals surface area (Å²) >= 11 is 6.17. The van der Waals surface area contributed by atoms with Gasteiger partial charge in [0.25, 0.3) is 0 Å². The molecule has 0 aromatic rings. The Morgan fingerprint density at radius 2 is 2.07 bits per heavy atom. The number of fused-ring (bicyclic) bond motifs is 1. The summed E-state index contributed by atoms with van der Waals surface area (Å²) in [5.74, 6) is 1.76. The Morgan fingerprint density at radius 3 is 2.80 bits per heavy atom. The van der Waals surface area contributed by atoms with Gasteiger partial charge in [-0.1, -0.05) is 6.92 Å². The summed E-state index contributed by atoms with van der Waals surface area (Å²) in [7, 11) is 0. The van der Waals surface area contributed by atoms with Crippen LogP contribution in [0.15, 0.2) is 0 Å². The number of carbonyl (C=O) groups is 1. The number of nitrogens with zero attached hydrogens (tertiary/aromatic N) is 1. The van der Waals surface area contributed by atoms with Crippen LogP contribution in [0.3, 0.4) is 0 Å². The van der Waals surface area contributed by atoms with E-state index in [1.807, 2.05) is 0 Å². The molecule has 3 atom stereocenters. The third kappa shape index (κ3) is 2.47. The summed E-state index contributed by atoms with van der Waals surface area (Å²) in [6.45, 7) is 4.02. The molecule has 0 aromatic heterocycles. The molecule has 1 heterocycles. The van der Waals surface area contributed by atoms with E-state index in [0.29, 0.717) is 23.6 Å². The average molecular weight is 230 g/mol. The van der Waals surface area contributed by atoms with Crippen molar-refractivity contribution in [2.75, 3.05) is 13.1 Å². The molecule has 2 fully saturated rings. The summed E-state index contributed by atoms with van der Waals surface area (Å²) in [4.78, 5) is 13.8. The van der Waals surface area contributed by atoms with Gasteiger partial charge in [-0.25, -0.2) is 0 Å². The first-order chi connectivity index (χ1) is 7.20. The molecular formula is C12H20ClNO. The molecule has 86 valence electrons. The lowest BCUT2D eigenvalue weighted by molar-refractivity contribution is -0.130. The van der Waals surface area contributed by atoms with Gasteiger partial charge in [0.2, 0.25) is 5.91 Å². The van der Waals surface area contributed by atoms with Crippen molar-refractivity contribution in [2.45, 2.75) is 44.4 Å². The normalized spacial score (nSPS) is 35.3. The predicted molar refractivity (Wildman–Crippen MR) is 62.0 cm³/mol. The van der Waals surface area contributed by atoms with E-state index in [1.165, 1.54) is 6.42 Å². The molecule has 0 N–H and O–H groups in total. The van der Waals surface area contributed by atoms with Crippen LogP contribution < -0.4 is 0 Å². The molecule has 3 unspecified atom stereocenters. The lowest BCUT2D eigenvalue weighted by Gasteiger charge is -2.26. The topological polar surface area (TPSA) is 20.3 Å². The van der Waals surface area contributed by atoms with E-state index in [4.69, 9.17) is 11.6 Å². The third-order valence-electron chi connectivity index (χ3n) is 3.80. The quantitative estimate of drug-likeness (QED) is 0.667.